The van der Waals surface area contributed by atoms with E-state index < -0.39 is 15.9 Å². The highest BCUT2D eigenvalue weighted by atomic mass is 79.9. The fraction of sp³-hybridized carbons (Fsp3) is 0.136. The van der Waals surface area contributed by atoms with Crippen molar-refractivity contribution in [2.24, 2.45) is 0 Å². The smallest absolute Gasteiger partial charge is 0.266 e. The molecular weight excluding hydrogens is 564 g/mol. The molecule has 3 rings (SSSR count). The summed E-state index contributed by atoms with van der Waals surface area (Å²) in [5, 5.41) is 9.99. The van der Waals surface area contributed by atoms with Gasteiger partial charge < -0.3 is 15.6 Å². The molecule has 0 aliphatic heterocycles. The number of carbonyl (C=O) groups is 1. The molecule has 0 aliphatic carbocycles. The van der Waals surface area contributed by atoms with Gasteiger partial charge in [0.25, 0.3) is 15.9 Å². The minimum Gasteiger partial charge on any atom is -0.508 e. The number of phenolic OH excluding ortho intramolecular Hbond substituents is 1. The number of halogens is 2. The van der Waals surface area contributed by atoms with E-state index in [1.807, 2.05) is 18.6 Å². The van der Waals surface area contributed by atoms with Crippen LogP contribution in [0.15, 0.2) is 68.4 Å². The molecule has 0 unspecified atom stereocenters. The lowest BCUT2D eigenvalue weighted by molar-refractivity contribution is 0.0981. The second-order valence-electron chi connectivity index (χ2n) is 7.22. The number of benzene rings is 3. The Morgan fingerprint density at radius 1 is 1.06 bits per heavy atom. The van der Waals surface area contributed by atoms with Gasteiger partial charge in [-0.15, -0.1) is 0 Å². The number of sulfonamides is 1. The Labute approximate surface area is 202 Å². The molecule has 4 N–H and O–H groups in total. The van der Waals surface area contributed by atoms with Gasteiger partial charge in [-0.1, -0.05) is 26.0 Å². The topological polar surface area (TPSA) is 119 Å². The van der Waals surface area contributed by atoms with E-state index in [2.05, 4.69) is 31.9 Å². The Balaban J connectivity index is 1.87. The molecule has 0 saturated heterocycles. The predicted octanol–water partition coefficient (Wildman–Crippen LogP) is 5.53. The van der Waals surface area contributed by atoms with E-state index in [0.29, 0.717) is 20.4 Å². The number of nitrogen functional groups attached to an aromatic ring is 1. The van der Waals surface area contributed by atoms with Gasteiger partial charge in [0.05, 0.1) is 14.6 Å². The molecule has 0 radical (unpaired) electrons. The maximum absolute atomic E-state index is 12.6. The van der Waals surface area contributed by atoms with Crippen LogP contribution < -0.4 is 15.2 Å². The molecule has 10 heteroatoms. The molecule has 168 valence electrons. The Kier molecular flexibility index (Phi) is 7.16. The zero-order valence-corrected chi connectivity index (χ0v) is 21.1. The van der Waals surface area contributed by atoms with Crippen molar-refractivity contribution in [1.29, 1.82) is 0 Å². The van der Waals surface area contributed by atoms with Crippen LogP contribution in [0.2, 0.25) is 0 Å². The van der Waals surface area contributed by atoms with E-state index in [9.17, 15) is 18.3 Å². The summed E-state index contributed by atoms with van der Waals surface area (Å²) in [6.45, 7) is 3.91. The number of hydrogen-bond acceptors (Lipinski definition) is 6. The molecular formula is C22H20Br2N2O5S. The standard InChI is InChI=1S/C22H20Br2N2O5S/c1-12(2)15-11-14(7-8-19(15)27)31-21-16(23)9-13(10-17(21)24)22(28)26-32(29,30)20-6-4-3-5-18(20)25/h3-12,27H,25H2,1-2H3,(H,26,28). The van der Waals surface area contributed by atoms with Gasteiger partial charge in [0.1, 0.15) is 16.4 Å². The number of para-hydroxylation sites is 1. The Morgan fingerprint density at radius 2 is 1.69 bits per heavy atom. The number of ether oxygens (including phenoxy) is 1. The third kappa shape index (κ3) is 5.25. The van der Waals surface area contributed by atoms with Gasteiger partial charge in [-0.25, -0.2) is 13.1 Å². The fourth-order valence-corrected chi connectivity index (χ4v) is 5.38. The minimum atomic E-state index is -4.15. The van der Waals surface area contributed by atoms with E-state index in [-0.39, 0.29) is 27.8 Å². The van der Waals surface area contributed by atoms with Crippen molar-refractivity contribution in [3.63, 3.8) is 0 Å². The van der Waals surface area contributed by atoms with Crippen molar-refractivity contribution in [3.05, 3.63) is 74.7 Å². The second kappa shape index (κ2) is 9.51. The number of carbonyl (C=O) groups excluding carboxylic acids is 1. The first kappa shape index (κ1) is 24.1. The maximum atomic E-state index is 12.6. The molecule has 0 saturated carbocycles. The maximum Gasteiger partial charge on any atom is 0.266 e. The number of phenols is 1. The lowest BCUT2D eigenvalue weighted by atomic mass is 10.0. The van der Waals surface area contributed by atoms with Gasteiger partial charge in [-0.3, -0.25) is 4.79 Å². The van der Waals surface area contributed by atoms with Crippen LogP contribution in [-0.2, 0) is 10.0 Å². The van der Waals surface area contributed by atoms with Crippen molar-refractivity contribution >= 4 is 53.5 Å². The predicted molar refractivity (Wildman–Crippen MR) is 130 cm³/mol. The van der Waals surface area contributed by atoms with E-state index in [1.54, 1.807) is 24.3 Å². The summed E-state index contributed by atoms with van der Waals surface area (Å²) >= 11 is 6.74. The highest BCUT2D eigenvalue weighted by Gasteiger charge is 2.22. The molecule has 32 heavy (non-hydrogen) atoms. The summed E-state index contributed by atoms with van der Waals surface area (Å²) in [6, 6.07) is 13.7. The van der Waals surface area contributed by atoms with Crippen LogP contribution in [0.5, 0.6) is 17.2 Å². The van der Waals surface area contributed by atoms with Crippen molar-refractivity contribution in [2.45, 2.75) is 24.7 Å². The van der Waals surface area contributed by atoms with E-state index in [1.165, 1.54) is 30.3 Å². The molecule has 0 aromatic heterocycles. The molecule has 0 spiro atoms. The minimum absolute atomic E-state index is 0.0357. The summed E-state index contributed by atoms with van der Waals surface area (Å²) in [7, 11) is -4.15. The molecule has 0 heterocycles. The summed E-state index contributed by atoms with van der Waals surface area (Å²) < 4.78 is 33.9. The number of aromatic hydroxyl groups is 1. The lowest BCUT2D eigenvalue weighted by Crippen LogP contribution is -2.31. The monoisotopic (exact) mass is 582 g/mol. The van der Waals surface area contributed by atoms with Gasteiger partial charge in [-0.05, 0) is 80.2 Å². The van der Waals surface area contributed by atoms with Gasteiger partial charge in [0, 0.05) is 11.1 Å². The average molecular weight is 584 g/mol. The summed E-state index contributed by atoms with van der Waals surface area (Å²) in [5.41, 5.74) is 6.58. The largest absolute Gasteiger partial charge is 0.508 e. The Hall–Kier alpha value is -2.56. The van der Waals surface area contributed by atoms with Crippen molar-refractivity contribution < 1.29 is 23.1 Å². The first-order valence-corrected chi connectivity index (χ1v) is 12.5. The molecule has 0 aliphatic rings. The summed E-state index contributed by atoms with van der Waals surface area (Å²) in [5.74, 6) is 0.326. The fourth-order valence-electron chi connectivity index (χ4n) is 2.93. The SMILES string of the molecule is CC(C)c1cc(Oc2c(Br)cc(C(=O)NS(=O)(=O)c3ccccc3N)cc2Br)ccc1O. The third-order valence-electron chi connectivity index (χ3n) is 4.54. The van der Waals surface area contributed by atoms with E-state index in [4.69, 9.17) is 10.5 Å². The van der Waals surface area contributed by atoms with E-state index in [0.717, 1.165) is 5.56 Å². The van der Waals surface area contributed by atoms with Crippen LogP contribution in [0, 0.1) is 0 Å². The van der Waals surface area contributed by atoms with Crippen molar-refractivity contribution in [3.8, 4) is 17.2 Å². The third-order valence-corrected chi connectivity index (χ3v) is 7.12. The summed E-state index contributed by atoms with van der Waals surface area (Å²) in [4.78, 5) is 12.5. The second-order valence-corrected chi connectivity index (χ2v) is 10.6. The number of amides is 1. The number of hydrogen-bond donors (Lipinski definition) is 3. The zero-order chi connectivity index (χ0) is 23.6. The number of nitrogens with one attached hydrogen (secondary N) is 1. The van der Waals surface area contributed by atoms with Crippen LogP contribution in [0.25, 0.3) is 0 Å². The lowest BCUT2D eigenvalue weighted by Gasteiger charge is -2.15. The van der Waals surface area contributed by atoms with Crippen LogP contribution in [0.1, 0.15) is 35.7 Å². The van der Waals surface area contributed by atoms with Crippen molar-refractivity contribution in [1.82, 2.24) is 4.72 Å². The molecule has 0 atom stereocenters. The zero-order valence-electron chi connectivity index (χ0n) is 17.1. The molecule has 7 nitrogen and oxygen atoms in total. The van der Waals surface area contributed by atoms with Crippen LogP contribution >= 0.6 is 31.9 Å². The molecule has 1 amide bonds. The van der Waals surface area contributed by atoms with Crippen LogP contribution in [0.4, 0.5) is 5.69 Å². The molecule has 3 aromatic carbocycles. The van der Waals surface area contributed by atoms with Crippen LogP contribution in [-0.4, -0.2) is 19.4 Å². The number of nitrogens with two attached hydrogens (primary N) is 1. The number of rotatable bonds is 6. The highest BCUT2D eigenvalue weighted by Crippen LogP contribution is 2.39. The van der Waals surface area contributed by atoms with Gasteiger partial charge in [0.15, 0.2) is 5.75 Å². The van der Waals surface area contributed by atoms with E-state index >= 15 is 0 Å². The van der Waals surface area contributed by atoms with Crippen LogP contribution in [0.3, 0.4) is 0 Å². The average Bonchev–Trinajstić information content (AvgIpc) is 2.71. The quantitative estimate of drug-likeness (QED) is 0.328. The molecule has 0 bridgehead atoms. The molecule has 0 fully saturated rings. The first-order valence-electron chi connectivity index (χ1n) is 9.41. The number of anilines is 1. The summed E-state index contributed by atoms with van der Waals surface area (Å²) in [6.07, 6.45) is 0. The van der Waals surface area contributed by atoms with Gasteiger partial charge in [0.2, 0.25) is 0 Å². The molecule has 3 aromatic rings. The Morgan fingerprint density at radius 3 is 2.28 bits per heavy atom. The normalized spacial score (nSPS) is 11.4. The van der Waals surface area contributed by atoms with Gasteiger partial charge >= 0.3 is 0 Å². The Bertz CT molecular complexity index is 1270. The highest BCUT2D eigenvalue weighted by molar-refractivity contribution is 9.11. The first-order chi connectivity index (χ1) is 15.0. The van der Waals surface area contributed by atoms with Gasteiger partial charge in [-0.2, -0.15) is 0 Å². The van der Waals surface area contributed by atoms with Crippen molar-refractivity contribution in [2.75, 3.05) is 5.73 Å².